The van der Waals surface area contributed by atoms with Gasteiger partial charge in [-0.3, -0.25) is 0 Å². The van der Waals surface area contributed by atoms with Gasteiger partial charge in [-0.25, -0.2) is 4.79 Å². The maximum absolute atomic E-state index is 11.9. The van der Waals surface area contributed by atoms with Crippen molar-refractivity contribution in [2.45, 2.75) is 43.7 Å². The van der Waals surface area contributed by atoms with Gasteiger partial charge in [0, 0.05) is 22.9 Å². The molecular formula is C16H17ClN4O2. The van der Waals surface area contributed by atoms with E-state index in [1.807, 2.05) is 24.3 Å². The molecule has 0 aliphatic heterocycles. The molecule has 2 aliphatic rings. The van der Waals surface area contributed by atoms with E-state index in [0.717, 1.165) is 35.7 Å². The Kier molecular flexibility index (Phi) is 3.69. The Morgan fingerprint density at radius 1 is 1.35 bits per heavy atom. The van der Waals surface area contributed by atoms with Gasteiger partial charge in [0.2, 0.25) is 5.89 Å². The van der Waals surface area contributed by atoms with Crippen LogP contribution >= 0.6 is 11.6 Å². The molecule has 1 aromatic carbocycles. The van der Waals surface area contributed by atoms with Crippen LogP contribution in [0.5, 0.6) is 0 Å². The lowest BCUT2D eigenvalue weighted by atomic mass is 10.1. The van der Waals surface area contributed by atoms with Crippen molar-refractivity contribution in [3.63, 3.8) is 0 Å². The van der Waals surface area contributed by atoms with Crippen molar-refractivity contribution in [2.75, 3.05) is 0 Å². The first kappa shape index (κ1) is 14.5. The molecule has 2 aromatic rings. The predicted molar refractivity (Wildman–Crippen MR) is 84.2 cm³/mol. The second-order valence-corrected chi connectivity index (χ2v) is 6.53. The van der Waals surface area contributed by atoms with E-state index in [1.165, 1.54) is 0 Å². The maximum atomic E-state index is 11.9. The van der Waals surface area contributed by atoms with Crippen molar-refractivity contribution in [3.8, 4) is 0 Å². The quantitative estimate of drug-likeness (QED) is 0.882. The van der Waals surface area contributed by atoms with Crippen LogP contribution in [-0.4, -0.2) is 22.2 Å². The number of aromatic nitrogens is 2. The van der Waals surface area contributed by atoms with E-state index >= 15 is 0 Å². The van der Waals surface area contributed by atoms with Gasteiger partial charge in [0.05, 0.1) is 6.54 Å². The fourth-order valence-electron chi connectivity index (χ4n) is 2.70. The zero-order valence-corrected chi connectivity index (χ0v) is 13.2. The Bertz CT molecular complexity index is 728. The minimum atomic E-state index is -0.226. The largest absolute Gasteiger partial charge is 0.337 e. The van der Waals surface area contributed by atoms with Crippen LogP contribution in [0.1, 0.15) is 48.4 Å². The smallest absolute Gasteiger partial charge is 0.315 e. The molecule has 0 bridgehead atoms. The molecule has 0 unspecified atom stereocenters. The van der Waals surface area contributed by atoms with Crippen molar-refractivity contribution in [1.29, 1.82) is 0 Å². The highest BCUT2D eigenvalue weighted by Gasteiger charge is 2.40. The van der Waals surface area contributed by atoms with E-state index in [1.54, 1.807) is 0 Å². The van der Waals surface area contributed by atoms with Crippen LogP contribution in [0, 0.1) is 0 Å². The normalized spacial score (nSPS) is 22.7. The van der Waals surface area contributed by atoms with Gasteiger partial charge in [-0.1, -0.05) is 35.0 Å². The lowest BCUT2D eigenvalue weighted by molar-refractivity contribution is 0.238. The van der Waals surface area contributed by atoms with Crippen molar-refractivity contribution in [1.82, 2.24) is 20.8 Å². The molecule has 7 heteroatoms. The Labute approximate surface area is 138 Å². The third kappa shape index (κ3) is 3.32. The van der Waals surface area contributed by atoms with E-state index in [9.17, 15) is 4.79 Å². The Balaban J connectivity index is 1.25. The monoisotopic (exact) mass is 332 g/mol. The number of amides is 2. The molecule has 6 nitrogen and oxygen atoms in total. The fraction of sp³-hybridized carbons (Fsp3) is 0.438. The van der Waals surface area contributed by atoms with Crippen LogP contribution in [0.25, 0.3) is 0 Å². The minimum Gasteiger partial charge on any atom is -0.337 e. The van der Waals surface area contributed by atoms with Gasteiger partial charge in [0.1, 0.15) is 0 Å². The molecular weight excluding hydrogens is 316 g/mol. The Hall–Kier alpha value is -2.08. The average molecular weight is 333 g/mol. The first-order chi connectivity index (χ1) is 11.2. The molecule has 0 spiro atoms. The summed E-state index contributed by atoms with van der Waals surface area (Å²) in [6, 6.07) is 7.65. The molecule has 2 N–H and O–H groups in total. The first-order valence-corrected chi connectivity index (χ1v) is 8.20. The summed E-state index contributed by atoms with van der Waals surface area (Å²) in [5.74, 6) is 1.94. The molecule has 0 radical (unpaired) electrons. The Morgan fingerprint density at radius 3 is 2.96 bits per heavy atom. The lowest BCUT2D eigenvalue weighted by Crippen LogP contribution is -2.37. The van der Waals surface area contributed by atoms with Crippen LogP contribution in [-0.2, 0) is 6.54 Å². The van der Waals surface area contributed by atoms with Crippen LogP contribution in [0.3, 0.4) is 0 Å². The minimum absolute atomic E-state index is 0.125. The molecule has 2 fully saturated rings. The van der Waals surface area contributed by atoms with Gasteiger partial charge in [-0.2, -0.15) is 4.98 Å². The van der Waals surface area contributed by atoms with Crippen LogP contribution in [0.2, 0.25) is 5.02 Å². The van der Waals surface area contributed by atoms with Crippen molar-refractivity contribution >= 4 is 17.6 Å². The van der Waals surface area contributed by atoms with E-state index in [2.05, 4.69) is 20.8 Å². The summed E-state index contributed by atoms with van der Waals surface area (Å²) in [6.07, 6.45) is 3.15. The van der Waals surface area contributed by atoms with Gasteiger partial charge in [0.25, 0.3) is 0 Å². The van der Waals surface area contributed by atoms with Crippen molar-refractivity contribution < 1.29 is 9.32 Å². The van der Waals surface area contributed by atoms with Gasteiger partial charge in [-0.05, 0) is 30.9 Å². The molecule has 4 rings (SSSR count). The predicted octanol–water partition coefficient (Wildman–Crippen LogP) is 2.96. The fourth-order valence-corrected chi connectivity index (χ4v) is 2.97. The molecule has 2 amide bonds. The molecule has 1 aromatic heterocycles. The number of carbonyl (C=O) groups excluding carboxylic acids is 1. The average Bonchev–Trinajstić information content (AvgIpc) is 3.46. The number of hydrogen-bond acceptors (Lipinski definition) is 4. The summed E-state index contributed by atoms with van der Waals surface area (Å²) in [4.78, 5) is 16.2. The van der Waals surface area contributed by atoms with Gasteiger partial charge < -0.3 is 15.2 Å². The van der Waals surface area contributed by atoms with Gasteiger partial charge in [0.15, 0.2) is 5.82 Å². The number of carbonyl (C=O) groups is 1. The summed E-state index contributed by atoms with van der Waals surface area (Å²) in [5.41, 5.74) is 1.09. The van der Waals surface area contributed by atoms with Crippen LogP contribution in [0.15, 0.2) is 28.8 Å². The second kappa shape index (κ2) is 5.85. The number of urea groups is 1. The summed E-state index contributed by atoms with van der Waals surface area (Å²) < 4.78 is 5.12. The van der Waals surface area contributed by atoms with Gasteiger partial charge in [-0.15, -0.1) is 0 Å². The number of halogens is 1. The topological polar surface area (TPSA) is 80.1 Å². The van der Waals surface area contributed by atoms with Crippen molar-refractivity contribution in [3.05, 3.63) is 46.6 Å². The van der Waals surface area contributed by atoms with Crippen LogP contribution < -0.4 is 10.6 Å². The molecule has 2 atom stereocenters. The SMILES string of the molecule is O=C(NCc1nc(C2CC2)no1)N[C@H]1C[C@H]1c1ccccc1Cl. The zero-order chi connectivity index (χ0) is 15.8. The van der Waals surface area contributed by atoms with E-state index in [4.69, 9.17) is 16.1 Å². The molecule has 1 heterocycles. The molecule has 2 aliphatic carbocycles. The highest BCUT2D eigenvalue weighted by molar-refractivity contribution is 6.31. The lowest BCUT2D eigenvalue weighted by Gasteiger charge is -2.06. The molecule has 120 valence electrons. The Morgan fingerprint density at radius 2 is 2.17 bits per heavy atom. The zero-order valence-electron chi connectivity index (χ0n) is 12.5. The molecule has 2 saturated carbocycles. The standard InChI is InChI=1S/C16H17ClN4O2/c17-12-4-2-1-3-10(12)11-7-13(11)19-16(22)18-8-14-20-15(21-23-14)9-5-6-9/h1-4,9,11,13H,5-8H2,(H2,18,19,22)/t11-,13-/m0/s1. The second-order valence-electron chi connectivity index (χ2n) is 6.12. The maximum Gasteiger partial charge on any atom is 0.315 e. The highest BCUT2D eigenvalue weighted by Crippen LogP contribution is 2.43. The number of rotatable bonds is 5. The first-order valence-electron chi connectivity index (χ1n) is 7.82. The van der Waals surface area contributed by atoms with E-state index in [-0.39, 0.29) is 18.6 Å². The van der Waals surface area contributed by atoms with Crippen LogP contribution in [0.4, 0.5) is 4.79 Å². The summed E-state index contributed by atoms with van der Waals surface area (Å²) >= 11 is 6.18. The summed E-state index contributed by atoms with van der Waals surface area (Å²) in [6.45, 7) is 0.245. The number of benzene rings is 1. The molecule has 23 heavy (non-hydrogen) atoms. The number of hydrogen-bond donors (Lipinski definition) is 2. The van der Waals surface area contributed by atoms with Crippen molar-refractivity contribution in [2.24, 2.45) is 0 Å². The highest BCUT2D eigenvalue weighted by atomic mass is 35.5. The molecule has 0 saturated heterocycles. The third-order valence-electron chi connectivity index (χ3n) is 4.24. The van der Waals surface area contributed by atoms with Gasteiger partial charge >= 0.3 is 6.03 Å². The number of nitrogens with one attached hydrogen (secondary N) is 2. The summed E-state index contributed by atoms with van der Waals surface area (Å²) in [5, 5.41) is 10.4. The summed E-state index contributed by atoms with van der Waals surface area (Å²) in [7, 11) is 0. The van der Waals surface area contributed by atoms with E-state index < -0.39 is 0 Å². The van der Waals surface area contributed by atoms with E-state index in [0.29, 0.717) is 17.7 Å². The third-order valence-corrected chi connectivity index (χ3v) is 4.58. The number of nitrogens with zero attached hydrogens (tertiary/aromatic N) is 2.